The van der Waals surface area contributed by atoms with Crippen LogP contribution in [-0.4, -0.2) is 34.9 Å². The van der Waals surface area contributed by atoms with Gasteiger partial charge in [0.15, 0.2) is 0 Å². The van der Waals surface area contributed by atoms with E-state index in [0.29, 0.717) is 12.5 Å². The third-order valence-electron chi connectivity index (χ3n) is 4.52. The van der Waals surface area contributed by atoms with Crippen molar-refractivity contribution in [3.05, 3.63) is 18.0 Å². The van der Waals surface area contributed by atoms with Crippen molar-refractivity contribution in [2.75, 3.05) is 13.7 Å². The Labute approximate surface area is 120 Å². The lowest BCUT2D eigenvalue weighted by Crippen LogP contribution is -2.54. The number of carbonyl (C=O) groups excluding carboxylic acids is 1. The van der Waals surface area contributed by atoms with Crippen LogP contribution in [0.3, 0.4) is 0 Å². The second-order valence-corrected chi connectivity index (χ2v) is 5.52. The van der Waals surface area contributed by atoms with Gasteiger partial charge in [0.2, 0.25) is 0 Å². The summed E-state index contributed by atoms with van der Waals surface area (Å²) in [6, 6.07) is 2.01. The van der Waals surface area contributed by atoms with E-state index >= 15 is 0 Å². The number of carbonyl (C=O) groups is 1. The van der Waals surface area contributed by atoms with Crippen molar-refractivity contribution in [2.24, 2.45) is 5.92 Å². The number of aromatic nitrogens is 2. The van der Waals surface area contributed by atoms with Crippen LogP contribution in [0.15, 0.2) is 12.3 Å². The molecule has 1 aliphatic carbocycles. The van der Waals surface area contributed by atoms with E-state index in [1.165, 1.54) is 0 Å². The van der Waals surface area contributed by atoms with Crippen molar-refractivity contribution in [1.29, 1.82) is 0 Å². The van der Waals surface area contributed by atoms with Gasteiger partial charge in [0.1, 0.15) is 5.54 Å². The minimum Gasteiger partial charge on any atom is -0.465 e. The number of hydrogen-bond acceptors (Lipinski definition) is 4. The number of likely N-dealkylation sites (N-methyl/N-ethyl adjacent to an activating group) is 1. The number of rotatable bonds is 6. The van der Waals surface area contributed by atoms with Gasteiger partial charge in [-0.25, -0.2) is 0 Å². The Morgan fingerprint density at radius 2 is 2.45 bits per heavy atom. The summed E-state index contributed by atoms with van der Waals surface area (Å²) < 4.78 is 7.29. The molecule has 2 unspecified atom stereocenters. The Morgan fingerprint density at radius 3 is 3.05 bits per heavy atom. The molecule has 1 fully saturated rings. The van der Waals surface area contributed by atoms with Crippen LogP contribution < -0.4 is 5.32 Å². The molecule has 0 aliphatic heterocycles. The molecular weight excluding hydrogens is 254 g/mol. The van der Waals surface area contributed by atoms with Crippen molar-refractivity contribution in [3.8, 4) is 0 Å². The fraction of sp³-hybridized carbons (Fsp3) is 0.733. The van der Waals surface area contributed by atoms with E-state index in [-0.39, 0.29) is 5.97 Å². The van der Waals surface area contributed by atoms with Crippen molar-refractivity contribution in [2.45, 2.75) is 51.6 Å². The summed E-state index contributed by atoms with van der Waals surface area (Å²) in [5.41, 5.74) is 0.658. The molecular formula is C15H25N3O2. The van der Waals surface area contributed by atoms with E-state index in [4.69, 9.17) is 4.74 Å². The minimum atomic E-state index is -0.503. The van der Waals surface area contributed by atoms with Crippen LogP contribution in [0.2, 0.25) is 0 Å². The molecule has 0 spiro atoms. The van der Waals surface area contributed by atoms with Crippen molar-refractivity contribution in [1.82, 2.24) is 15.1 Å². The van der Waals surface area contributed by atoms with Crippen molar-refractivity contribution in [3.63, 3.8) is 0 Å². The molecule has 0 amide bonds. The number of hydrogen-bond donors (Lipinski definition) is 1. The lowest BCUT2D eigenvalue weighted by Gasteiger charge is -2.33. The Morgan fingerprint density at radius 1 is 1.65 bits per heavy atom. The van der Waals surface area contributed by atoms with Crippen LogP contribution in [0.4, 0.5) is 0 Å². The maximum Gasteiger partial charge on any atom is 0.326 e. The first kappa shape index (κ1) is 15.0. The zero-order chi connectivity index (χ0) is 14.6. The topological polar surface area (TPSA) is 56.1 Å². The summed E-state index contributed by atoms with van der Waals surface area (Å²) in [6.07, 6.45) is 5.77. The van der Waals surface area contributed by atoms with E-state index < -0.39 is 5.54 Å². The predicted octanol–water partition coefficient (Wildman–Crippen LogP) is 1.90. The third-order valence-corrected chi connectivity index (χ3v) is 4.52. The Bertz CT molecular complexity index is 458. The lowest BCUT2D eigenvalue weighted by atomic mass is 9.84. The monoisotopic (exact) mass is 279 g/mol. The molecule has 5 heteroatoms. The van der Waals surface area contributed by atoms with Crippen molar-refractivity contribution >= 4 is 5.97 Å². The third kappa shape index (κ3) is 2.73. The van der Waals surface area contributed by atoms with Gasteiger partial charge in [0, 0.05) is 18.4 Å². The van der Waals surface area contributed by atoms with Crippen LogP contribution in [0.1, 0.15) is 38.3 Å². The maximum atomic E-state index is 12.3. The Balaban J connectivity index is 2.05. The zero-order valence-electron chi connectivity index (χ0n) is 12.7. The number of ether oxygens (including phenoxy) is 1. The highest BCUT2D eigenvalue weighted by molar-refractivity contribution is 5.81. The Kier molecular flexibility index (Phi) is 4.81. The average Bonchev–Trinajstić information content (AvgIpc) is 3.03. The van der Waals surface area contributed by atoms with Gasteiger partial charge in [-0.1, -0.05) is 6.42 Å². The van der Waals surface area contributed by atoms with E-state index in [0.717, 1.165) is 37.9 Å². The summed E-state index contributed by atoms with van der Waals surface area (Å²) in [4.78, 5) is 12.3. The summed E-state index contributed by atoms with van der Waals surface area (Å²) in [6.45, 7) is 5.20. The smallest absolute Gasteiger partial charge is 0.326 e. The van der Waals surface area contributed by atoms with Gasteiger partial charge < -0.3 is 10.1 Å². The lowest BCUT2D eigenvalue weighted by molar-refractivity contribution is -0.153. The average molecular weight is 279 g/mol. The number of nitrogens with one attached hydrogen (secondary N) is 1. The first-order chi connectivity index (χ1) is 9.64. The van der Waals surface area contributed by atoms with Crippen LogP contribution >= 0.6 is 0 Å². The number of nitrogens with zero attached hydrogens (tertiary/aromatic N) is 2. The van der Waals surface area contributed by atoms with Crippen LogP contribution in [0.25, 0.3) is 0 Å². The molecule has 112 valence electrons. The van der Waals surface area contributed by atoms with E-state index in [1.54, 1.807) is 0 Å². The highest BCUT2D eigenvalue weighted by Gasteiger charge is 2.48. The fourth-order valence-electron chi connectivity index (χ4n) is 3.34. The first-order valence-corrected chi connectivity index (χ1v) is 7.48. The summed E-state index contributed by atoms with van der Waals surface area (Å²) in [5, 5.41) is 7.56. The molecule has 1 heterocycles. The molecule has 1 N–H and O–H groups in total. The SMILES string of the molecule is CCOC(=O)C1(NC)CCCC1CCn1nccc1C. The molecule has 0 bridgehead atoms. The highest BCUT2D eigenvalue weighted by atomic mass is 16.5. The first-order valence-electron chi connectivity index (χ1n) is 7.48. The molecule has 1 saturated carbocycles. The molecule has 0 aromatic carbocycles. The van der Waals surface area contributed by atoms with Crippen LogP contribution in [-0.2, 0) is 16.1 Å². The van der Waals surface area contributed by atoms with Crippen LogP contribution in [0.5, 0.6) is 0 Å². The molecule has 2 rings (SSSR count). The summed E-state index contributed by atoms with van der Waals surface area (Å²) in [5.74, 6) is 0.220. The minimum absolute atomic E-state index is 0.0952. The molecule has 5 nitrogen and oxygen atoms in total. The highest BCUT2D eigenvalue weighted by Crippen LogP contribution is 2.39. The zero-order valence-corrected chi connectivity index (χ0v) is 12.7. The van der Waals surface area contributed by atoms with Crippen LogP contribution in [0, 0.1) is 12.8 Å². The van der Waals surface area contributed by atoms with E-state index in [1.807, 2.05) is 30.9 Å². The van der Waals surface area contributed by atoms with Gasteiger partial charge in [0.25, 0.3) is 0 Å². The molecule has 1 aliphatic rings. The quantitative estimate of drug-likeness (QED) is 0.808. The van der Waals surface area contributed by atoms with Crippen molar-refractivity contribution < 1.29 is 9.53 Å². The molecule has 2 atom stereocenters. The van der Waals surface area contributed by atoms with Gasteiger partial charge in [0.05, 0.1) is 6.61 Å². The molecule has 1 aromatic rings. The predicted molar refractivity (Wildman–Crippen MR) is 77.3 cm³/mol. The fourth-order valence-corrected chi connectivity index (χ4v) is 3.34. The summed E-state index contributed by atoms with van der Waals surface area (Å²) in [7, 11) is 1.87. The standard InChI is InChI=1S/C15H25N3O2/c1-4-20-14(19)15(16-3)9-5-6-13(15)8-11-18-12(2)7-10-17-18/h7,10,13,16H,4-6,8-9,11H2,1-3H3. The molecule has 0 radical (unpaired) electrons. The van der Waals surface area contributed by atoms with Gasteiger partial charge in [-0.15, -0.1) is 0 Å². The second kappa shape index (κ2) is 6.39. The second-order valence-electron chi connectivity index (χ2n) is 5.52. The maximum absolute atomic E-state index is 12.3. The van der Waals surface area contributed by atoms with Gasteiger partial charge in [-0.3, -0.25) is 9.48 Å². The van der Waals surface area contributed by atoms with E-state index in [9.17, 15) is 4.79 Å². The number of esters is 1. The van der Waals surface area contributed by atoms with Gasteiger partial charge in [-0.2, -0.15) is 5.10 Å². The van der Waals surface area contributed by atoms with E-state index in [2.05, 4.69) is 17.3 Å². The normalized spacial score (nSPS) is 25.9. The molecule has 1 aromatic heterocycles. The van der Waals surface area contributed by atoms with Gasteiger partial charge >= 0.3 is 5.97 Å². The Hall–Kier alpha value is -1.36. The van der Waals surface area contributed by atoms with Gasteiger partial charge in [-0.05, 0) is 52.1 Å². The largest absolute Gasteiger partial charge is 0.465 e. The summed E-state index contributed by atoms with van der Waals surface area (Å²) >= 11 is 0. The molecule has 20 heavy (non-hydrogen) atoms. The number of aryl methyl sites for hydroxylation is 2. The molecule has 0 saturated heterocycles.